The second-order valence-corrected chi connectivity index (χ2v) is 4.49. The van der Waals surface area contributed by atoms with Gasteiger partial charge in [-0.1, -0.05) is 6.07 Å². The first-order chi connectivity index (χ1) is 5.90. The summed E-state index contributed by atoms with van der Waals surface area (Å²) in [7, 11) is 2.07. The maximum Gasteiger partial charge on any atom is 0.00767 e. The molecule has 1 aromatic rings. The molecule has 0 aromatic carbocycles. The van der Waals surface area contributed by atoms with Crippen molar-refractivity contribution in [1.82, 2.24) is 5.32 Å². The summed E-state index contributed by atoms with van der Waals surface area (Å²) in [5.41, 5.74) is 0. The van der Waals surface area contributed by atoms with E-state index in [9.17, 15) is 0 Å². The SMILES string of the molecule is CNC1CCC(c2cccs2)C1. The average Bonchev–Trinajstić information content (AvgIpc) is 2.75. The first-order valence-electron chi connectivity index (χ1n) is 4.61. The third-order valence-electron chi connectivity index (χ3n) is 2.79. The Morgan fingerprint density at radius 1 is 1.50 bits per heavy atom. The highest BCUT2D eigenvalue weighted by atomic mass is 32.1. The normalized spacial score (nSPS) is 29.4. The minimum Gasteiger partial charge on any atom is -0.317 e. The molecule has 1 N–H and O–H groups in total. The van der Waals surface area contributed by atoms with Crippen molar-refractivity contribution >= 4 is 11.3 Å². The average molecular weight is 181 g/mol. The van der Waals surface area contributed by atoms with Gasteiger partial charge in [-0.2, -0.15) is 0 Å². The third-order valence-corrected chi connectivity index (χ3v) is 3.82. The molecule has 66 valence electrons. The lowest BCUT2D eigenvalue weighted by molar-refractivity contribution is 0.573. The predicted molar refractivity (Wildman–Crippen MR) is 53.8 cm³/mol. The first kappa shape index (κ1) is 8.27. The highest BCUT2D eigenvalue weighted by Gasteiger charge is 2.24. The van der Waals surface area contributed by atoms with Crippen LogP contribution in [0.2, 0.25) is 0 Å². The molecular weight excluding hydrogens is 166 g/mol. The van der Waals surface area contributed by atoms with Crippen molar-refractivity contribution in [2.75, 3.05) is 7.05 Å². The van der Waals surface area contributed by atoms with Crippen LogP contribution in [0.15, 0.2) is 17.5 Å². The van der Waals surface area contributed by atoms with E-state index in [1.54, 1.807) is 4.88 Å². The van der Waals surface area contributed by atoms with Crippen molar-refractivity contribution in [2.24, 2.45) is 0 Å². The van der Waals surface area contributed by atoms with Crippen LogP contribution >= 0.6 is 11.3 Å². The third kappa shape index (κ3) is 1.54. The van der Waals surface area contributed by atoms with Gasteiger partial charge in [0.15, 0.2) is 0 Å². The van der Waals surface area contributed by atoms with Gasteiger partial charge < -0.3 is 5.32 Å². The molecule has 1 saturated carbocycles. The number of rotatable bonds is 2. The molecule has 1 heterocycles. The van der Waals surface area contributed by atoms with E-state index in [2.05, 4.69) is 29.9 Å². The Morgan fingerprint density at radius 3 is 3.00 bits per heavy atom. The van der Waals surface area contributed by atoms with Gasteiger partial charge in [-0.15, -0.1) is 11.3 Å². The van der Waals surface area contributed by atoms with E-state index in [0.717, 1.165) is 12.0 Å². The lowest BCUT2D eigenvalue weighted by atomic mass is 10.1. The summed E-state index contributed by atoms with van der Waals surface area (Å²) in [5, 5.41) is 5.54. The molecule has 0 spiro atoms. The molecule has 2 rings (SSSR count). The molecule has 1 aliphatic carbocycles. The maximum absolute atomic E-state index is 3.36. The van der Waals surface area contributed by atoms with Crippen LogP contribution in [0.25, 0.3) is 0 Å². The largest absolute Gasteiger partial charge is 0.317 e. The Morgan fingerprint density at radius 2 is 2.42 bits per heavy atom. The molecule has 1 fully saturated rings. The number of thiophene rings is 1. The van der Waals surface area contributed by atoms with Crippen molar-refractivity contribution < 1.29 is 0 Å². The summed E-state index contributed by atoms with van der Waals surface area (Å²) in [4.78, 5) is 1.58. The van der Waals surface area contributed by atoms with Crippen LogP contribution in [0.4, 0.5) is 0 Å². The van der Waals surface area contributed by atoms with Crippen molar-refractivity contribution in [3.05, 3.63) is 22.4 Å². The monoisotopic (exact) mass is 181 g/mol. The Labute approximate surface area is 77.8 Å². The fourth-order valence-electron chi connectivity index (χ4n) is 2.03. The highest BCUT2D eigenvalue weighted by Crippen LogP contribution is 2.36. The van der Waals surface area contributed by atoms with Crippen LogP contribution in [0.1, 0.15) is 30.1 Å². The zero-order valence-corrected chi connectivity index (χ0v) is 8.23. The number of hydrogen-bond acceptors (Lipinski definition) is 2. The molecule has 0 bridgehead atoms. The molecule has 0 saturated heterocycles. The summed E-state index contributed by atoms with van der Waals surface area (Å²) in [6.45, 7) is 0. The van der Waals surface area contributed by atoms with Crippen molar-refractivity contribution in [1.29, 1.82) is 0 Å². The van der Waals surface area contributed by atoms with Crippen molar-refractivity contribution in [3.8, 4) is 0 Å². The molecule has 0 radical (unpaired) electrons. The van der Waals surface area contributed by atoms with Gasteiger partial charge in [-0.05, 0) is 43.7 Å². The van der Waals surface area contributed by atoms with Crippen molar-refractivity contribution in [3.63, 3.8) is 0 Å². The van der Waals surface area contributed by atoms with Gasteiger partial charge in [-0.3, -0.25) is 0 Å². The summed E-state index contributed by atoms with van der Waals surface area (Å²) in [5.74, 6) is 0.836. The molecular formula is C10H15NS. The predicted octanol–water partition coefficient (Wildman–Crippen LogP) is 2.60. The standard InChI is InChI=1S/C10H15NS/c1-11-9-5-4-8(7-9)10-3-2-6-12-10/h2-3,6,8-9,11H,4-5,7H2,1H3. The van der Waals surface area contributed by atoms with Gasteiger partial charge in [-0.25, -0.2) is 0 Å². The number of nitrogens with one attached hydrogen (secondary N) is 1. The summed E-state index contributed by atoms with van der Waals surface area (Å²) < 4.78 is 0. The molecule has 0 aliphatic heterocycles. The summed E-state index contributed by atoms with van der Waals surface area (Å²) in [6, 6.07) is 5.19. The molecule has 2 heteroatoms. The Hall–Kier alpha value is -0.340. The molecule has 1 aromatic heterocycles. The Balaban J connectivity index is 2.00. The van der Waals surface area contributed by atoms with Gasteiger partial charge >= 0.3 is 0 Å². The van der Waals surface area contributed by atoms with Crippen LogP contribution in [-0.4, -0.2) is 13.1 Å². The van der Waals surface area contributed by atoms with Crippen LogP contribution in [0, 0.1) is 0 Å². The zero-order valence-electron chi connectivity index (χ0n) is 7.42. The van der Waals surface area contributed by atoms with Gasteiger partial charge in [0.05, 0.1) is 0 Å². The first-order valence-corrected chi connectivity index (χ1v) is 5.49. The second kappa shape index (κ2) is 3.58. The van der Waals surface area contributed by atoms with Crippen LogP contribution in [-0.2, 0) is 0 Å². The molecule has 2 atom stereocenters. The Bertz CT molecular complexity index is 230. The minimum absolute atomic E-state index is 0.761. The van der Waals surface area contributed by atoms with E-state index in [-0.39, 0.29) is 0 Å². The van der Waals surface area contributed by atoms with E-state index in [1.165, 1.54) is 19.3 Å². The molecule has 12 heavy (non-hydrogen) atoms. The second-order valence-electron chi connectivity index (χ2n) is 3.51. The van der Waals surface area contributed by atoms with E-state index in [4.69, 9.17) is 0 Å². The van der Waals surface area contributed by atoms with E-state index >= 15 is 0 Å². The smallest absolute Gasteiger partial charge is 0.00767 e. The van der Waals surface area contributed by atoms with Crippen molar-refractivity contribution in [2.45, 2.75) is 31.2 Å². The maximum atomic E-state index is 3.36. The van der Waals surface area contributed by atoms with Gasteiger partial charge in [0.2, 0.25) is 0 Å². The summed E-state index contributed by atoms with van der Waals surface area (Å²) in [6.07, 6.45) is 4.04. The quantitative estimate of drug-likeness (QED) is 0.739. The van der Waals surface area contributed by atoms with E-state index in [0.29, 0.717) is 0 Å². The molecule has 1 nitrogen and oxygen atoms in total. The Kier molecular flexibility index (Phi) is 2.47. The molecule has 2 unspecified atom stereocenters. The summed E-state index contributed by atoms with van der Waals surface area (Å²) >= 11 is 1.90. The molecule has 1 aliphatic rings. The van der Waals surface area contributed by atoms with E-state index in [1.807, 2.05) is 11.3 Å². The highest BCUT2D eigenvalue weighted by molar-refractivity contribution is 7.10. The fraction of sp³-hybridized carbons (Fsp3) is 0.600. The van der Waals surface area contributed by atoms with Gasteiger partial charge in [0, 0.05) is 10.9 Å². The lowest BCUT2D eigenvalue weighted by Gasteiger charge is -2.08. The zero-order chi connectivity index (χ0) is 8.39. The molecule has 0 amide bonds. The van der Waals surface area contributed by atoms with Crippen LogP contribution in [0.3, 0.4) is 0 Å². The number of hydrogen-bond donors (Lipinski definition) is 1. The van der Waals surface area contributed by atoms with Gasteiger partial charge in [0.25, 0.3) is 0 Å². The fourth-order valence-corrected chi connectivity index (χ4v) is 2.90. The van der Waals surface area contributed by atoms with Crippen LogP contribution in [0.5, 0.6) is 0 Å². The van der Waals surface area contributed by atoms with E-state index < -0.39 is 0 Å². The van der Waals surface area contributed by atoms with Crippen LogP contribution < -0.4 is 5.32 Å². The topological polar surface area (TPSA) is 12.0 Å². The minimum atomic E-state index is 0.761. The van der Waals surface area contributed by atoms with Gasteiger partial charge in [0.1, 0.15) is 0 Å². The lowest BCUT2D eigenvalue weighted by Crippen LogP contribution is -2.20.